The molecule has 0 spiro atoms. The number of hydrogen-bond donors (Lipinski definition) is 1. The van der Waals surface area contributed by atoms with Gasteiger partial charge in [-0.1, -0.05) is 24.3 Å². The van der Waals surface area contributed by atoms with Crippen LogP contribution in [0.1, 0.15) is 15.9 Å². The Balaban J connectivity index is 1.41. The van der Waals surface area contributed by atoms with Crippen molar-refractivity contribution < 1.29 is 13.2 Å². The maximum atomic E-state index is 12.6. The Bertz CT molecular complexity index is 1310. The minimum atomic E-state index is -3.32. The number of nitrogens with zero attached hydrogens (tertiary/aromatic N) is 4. The highest BCUT2D eigenvalue weighted by Gasteiger charge is 2.13. The second-order valence-electron chi connectivity index (χ2n) is 7.17. The molecule has 0 saturated heterocycles. The molecule has 0 fully saturated rings. The van der Waals surface area contributed by atoms with Gasteiger partial charge in [0.05, 0.1) is 24.2 Å². The first-order chi connectivity index (χ1) is 15.3. The smallest absolute Gasteiger partial charge is 0.257 e. The summed E-state index contributed by atoms with van der Waals surface area (Å²) in [5, 5.41) is 9.34. The lowest BCUT2D eigenvalue weighted by molar-refractivity contribution is 0.102. The third-order valence-corrected chi connectivity index (χ3v) is 6.83. The summed E-state index contributed by atoms with van der Waals surface area (Å²) in [6, 6.07) is 16.3. The first-order valence-electron chi connectivity index (χ1n) is 9.67. The normalized spacial score (nSPS) is 11.3. The van der Waals surface area contributed by atoms with E-state index in [2.05, 4.69) is 15.4 Å². The number of rotatable bonds is 7. The molecule has 2 aromatic carbocycles. The van der Waals surface area contributed by atoms with Gasteiger partial charge in [0.15, 0.2) is 5.13 Å². The summed E-state index contributed by atoms with van der Waals surface area (Å²) in [5.41, 5.74) is 3.69. The quantitative estimate of drug-likeness (QED) is 0.447. The van der Waals surface area contributed by atoms with Crippen molar-refractivity contribution in [1.82, 2.24) is 14.8 Å². The van der Waals surface area contributed by atoms with Gasteiger partial charge in [0.2, 0.25) is 10.0 Å². The molecule has 32 heavy (non-hydrogen) atoms. The lowest BCUT2D eigenvalue weighted by Gasteiger charge is -2.16. The van der Waals surface area contributed by atoms with Gasteiger partial charge in [0.25, 0.3) is 5.91 Å². The number of thiazole rings is 1. The summed E-state index contributed by atoms with van der Waals surface area (Å²) in [6.07, 6.45) is 4.77. The number of sulfonamides is 1. The number of anilines is 2. The summed E-state index contributed by atoms with van der Waals surface area (Å²) in [5.74, 6) is -0.235. The Morgan fingerprint density at radius 3 is 2.47 bits per heavy atom. The largest absolute Gasteiger partial charge is 0.298 e. The lowest BCUT2D eigenvalue weighted by Crippen LogP contribution is -2.24. The van der Waals surface area contributed by atoms with Crippen molar-refractivity contribution in [2.24, 2.45) is 0 Å². The van der Waals surface area contributed by atoms with E-state index in [1.54, 1.807) is 42.6 Å². The first kappa shape index (κ1) is 21.7. The number of carbonyl (C=O) groups is 1. The van der Waals surface area contributed by atoms with Crippen molar-refractivity contribution in [1.29, 1.82) is 0 Å². The van der Waals surface area contributed by atoms with E-state index in [4.69, 9.17) is 0 Å². The van der Waals surface area contributed by atoms with Crippen LogP contribution in [-0.2, 0) is 16.6 Å². The van der Waals surface area contributed by atoms with Gasteiger partial charge in [-0.2, -0.15) is 5.10 Å². The first-order valence-corrected chi connectivity index (χ1v) is 12.4. The average Bonchev–Trinajstić information content (AvgIpc) is 3.45. The predicted octanol–water partition coefficient (Wildman–Crippen LogP) is 3.70. The van der Waals surface area contributed by atoms with E-state index in [0.29, 0.717) is 28.6 Å². The molecule has 2 aromatic heterocycles. The maximum Gasteiger partial charge on any atom is 0.257 e. The molecule has 0 saturated carbocycles. The van der Waals surface area contributed by atoms with Gasteiger partial charge in [0.1, 0.15) is 0 Å². The predicted molar refractivity (Wildman–Crippen MR) is 127 cm³/mol. The third-order valence-electron chi connectivity index (χ3n) is 4.87. The molecule has 1 amide bonds. The Labute approximate surface area is 190 Å². The van der Waals surface area contributed by atoms with Crippen molar-refractivity contribution in [3.05, 3.63) is 83.5 Å². The summed E-state index contributed by atoms with van der Waals surface area (Å²) in [4.78, 5) is 17.1. The summed E-state index contributed by atoms with van der Waals surface area (Å²) in [6.45, 7) is 0.642. The number of nitrogens with one attached hydrogen (secondary N) is 1. The van der Waals surface area contributed by atoms with Crippen LogP contribution in [0.25, 0.3) is 11.3 Å². The Morgan fingerprint density at radius 2 is 1.84 bits per heavy atom. The third kappa shape index (κ3) is 5.04. The molecule has 1 N–H and O–H groups in total. The van der Waals surface area contributed by atoms with E-state index >= 15 is 0 Å². The van der Waals surface area contributed by atoms with Crippen molar-refractivity contribution >= 4 is 38.1 Å². The van der Waals surface area contributed by atoms with E-state index in [-0.39, 0.29) is 5.91 Å². The molecule has 0 aliphatic carbocycles. The molecule has 0 unspecified atom stereocenters. The zero-order chi connectivity index (χ0) is 22.7. The van der Waals surface area contributed by atoms with E-state index in [9.17, 15) is 13.2 Å². The van der Waals surface area contributed by atoms with Gasteiger partial charge in [-0.3, -0.25) is 19.1 Å². The van der Waals surface area contributed by atoms with E-state index in [1.807, 2.05) is 34.5 Å². The van der Waals surface area contributed by atoms with Crippen LogP contribution in [0.3, 0.4) is 0 Å². The molecule has 0 radical (unpaired) electrons. The molecular formula is C22H21N5O3S2. The van der Waals surface area contributed by atoms with Gasteiger partial charge in [-0.05, 0) is 35.9 Å². The second-order valence-corrected chi connectivity index (χ2v) is 10.0. The number of benzene rings is 2. The van der Waals surface area contributed by atoms with Crippen molar-refractivity contribution in [2.45, 2.75) is 6.54 Å². The number of amides is 1. The minimum absolute atomic E-state index is 0.235. The zero-order valence-electron chi connectivity index (χ0n) is 17.5. The molecule has 0 bridgehead atoms. The lowest BCUT2D eigenvalue weighted by atomic mass is 10.1. The second kappa shape index (κ2) is 8.93. The number of carbonyl (C=O) groups excluding carboxylic acids is 1. The Hall–Kier alpha value is -3.50. The van der Waals surface area contributed by atoms with Gasteiger partial charge in [0, 0.05) is 35.9 Å². The Morgan fingerprint density at radius 1 is 1.12 bits per heavy atom. The molecule has 10 heteroatoms. The SMILES string of the molecule is CN(c1ccc(-c2csc(NC(=O)c3ccc(Cn4cccn4)cc3)n2)cc1)S(C)(=O)=O. The van der Waals surface area contributed by atoms with Crippen LogP contribution in [0.15, 0.2) is 72.4 Å². The minimum Gasteiger partial charge on any atom is -0.298 e. The van der Waals surface area contributed by atoms with Gasteiger partial charge >= 0.3 is 0 Å². The molecule has 0 aliphatic heterocycles. The molecule has 164 valence electrons. The molecule has 4 aromatic rings. The molecule has 4 rings (SSSR count). The number of aromatic nitrogens is 3. The van der Waals surface area contributed by atoms with Crippen molar-refractivity contribution in [2.75, 3.05) is 22.9 Å². The molecule has 0 aliphatic rings. The van der Waals surface area contributed by atoms with E-state index in [1.165, 1.54) is 22.7 Å². The van der Waals surface area contributed by atoms with E-state index < -0.39 is 10.0 Å². The summed E-state index contributed by atoms with van der Waals surface area (Å²) < 4.78 is 26.4. The summed E-state index contributed by atoms with van der Waals surface area (Å²) >= 11 is 1.33. The number of hydrogen-bond acceptors (Lipinski definition) is 6. The average molecular weight is 468 g/mol. The summed E-state index contributed by atoms with van der Waals surface area (Å²) in [7, 11) is -1.81. The van der Waals surface area contributed by atoms with Crippen LogP contribution < -0.4 is 9.62 Å². The maximum absolute atomic E-state index is 12.6. The van der Waals surface area contributed by atoms with Gasteiger partial charge < -0.3 is 0 Å². The van der Waals surface area contributed by atoms with Crippen LogP contribution in [0.5, 0.6) is 0 Å². The molecule has 8 nitrogen and oxygen atoms in total. The zero-order valence-corrected chi connectivity index (χ0v) is 19.1. The fourth-order valence-electron chi connectivity index (χ4n) is 3.01. The van der Waals surface area contributed by atoms with Crippen LogP contribution in [0, 0.1) is 0 Å². The molecule has 0 atom stereocenters. The monoisotopic (exact) mass is 467 g/mol. The van der Waals surface area contributed by atoms with Crippen LogP contribution >= 0.6 is 11.3 Å². The standard InChI is InChI=1S/C22H21N5O3S2/c1-26(32(2,29)30)19-10-8-17(9-11-19)20-15-31-22(24-20)25-21(28)18-6-4-16(5-7-18)14-27-13-3-12-23-27/h3-13,15H,14H2,1-2H3,(H,24,25,28). The van der Waals surface area contributed by atoms with E-state index in [0.717, 1.165) is 17.4 Å². The van der Waals surface area contributed by atoms with Crippen LogP contribution in [-0.4, -0.2) is 42.4 Å². The van der Waals surface area contributed by atoms with Crippen LogP contribution in [0.4, 0.5) is 10.8 Å². The highest BCUT2D eigenvalue weighted by Crippen LogP contribution is 2.27. The fraction of sp³-hybridized carbons (Fsp3) is 0.136. The highest BCUT2D eigenvalue weighted by molar-refractivity contribution is 7.92. The topological polar surface area (TPSA) is 97.2 Å². The molecular weight excluding hydrogens is 446 g/mol. The van der Waals surface area contributed by atoms with Gasteiger partial charge in [-0.15, -0.1) is 11.3 Å². The fourth-order valence-corrected chi connectivity index (χ4v) is 4.23. The van der Waals surface area contributed by atoms with Crippen molar-refractivity contribution in [3.63, 3.8) is 0 Å². The van der Waals surface area contributed by atoms with Crippen LogP contribution in [0.2, 0.25) is 0 Å². The highest BCUT2D eigenvalue weighted by atomic mass is 32.2. The van der Waals surface area contributed by atoms with Crippen molar-refractivity contribution in [3.8, 4) is 11.3 Å². The van der Waals surface area contributed by atoms with Gasteiger partial charge in [-0.25, -0.2) is 13.4 Å². The Kier molecular flexibility index (Phi) is 6.06. The molecule has 2 heterocycles.